The lowest BCUT2D eigenvalue weighted by molar-refractivity contribution is -0.0580. The second-order valence-corrected chi connectivity index (χ2v) is 5.37. The molecule has 0 saturated carbocycles. The molecule has 0 aliphatic carbocycles. The molecule has 0 aromatic rings. The fourth-order valence-corrected chi connectivity index (χ4v) is 2.32. The van der Waals surface area contributed by atoms with Crippen LogP contribution < -0.4 is 0 Å². The molecular formula is C17H27F2NO. The maximum absolute atomic E-state index is 14.1. The number of halogens is 2. The standard InChI is InChI=1S/C14H23F2NO.C3H4/c1-6-12(15)13(16)14(9(2)3)17-7-10(4)18-11(5)8-17;1-3-2/h10-11H,6-8H2,1-5H3;1H,2H3/b13-12-;. The zero-order valence-electron chi connectivity index (χ0n) is 14.0. The largest absolute Gasteiger partial charge is 0.372 e. The van der Waals surface area contributed by atoms with Crippen LogP contribution >= 0.6 is 0 Å². The lowest BCUT2D eigenvalue weighted by Crippen LogP contribution is -2.45. The molecule has 2 atom stereocenters. The van der Waals surface area contributed by atoms with Gasteiger partial charge in [0.15, 0.2) is 5.83 Å². The quantitative estimate of drug-likeness (QED) is 0.558. The molecule has 1 aliphatic rings. The molecule has 2 nitrogen and oxygen atoms in total. The summed E-state index contributed by atoms with van der Waals surface area (Å²) in [4.78, 5) is 1.89. The molecule has 1 saturated heterocycles. The Morgan fingerprint density at radius 1 is 1.24 bits per heavy atom. The highest BCUT2D eigenvalue weighted by atomic mass is 19.2. The van der Waals surface area contributed by atoms with E-state index in [2.05, 4.69) is 12.3 Å². The summed E-state index contributed by atoms with van der Waals surface area (Å²) in [5, 5.41) is 0. The molecule has 0 N–H and O–H groups in total. The van der Waals surface area contributed by atoms with Crippen LogP contribution in [0, 0.1) is 12.3 Å². The van der Waals surface area contributed by atoms with Crippen molar-refractivity contribution in [2.75, 3.05) is 13.1 Å². The summed E-state index contributed by atoms with van der Waals surface area (Å²) in [5.41, 5.74) is 1.17. The van der Waals surface area contributed by atoms with Crippen LogP contribution in [0.4, 0.5) is 8.78 Å². The maximum Gasteiger partial charge on any atom is 0.177 e. The van der Waals surface area contributed by atoms with Crippen LogP contribution in [0.5, 0.6) is 0 Å². The lowest BCUT2D eigenvalue weighted by Gasteiger charge is -2.38. The Hall–Kier alpha value is -1.34. The molecule has 2 unspecified atom stereocenters. The Bertz CT molecular complexity index is 421. The Labute approximate surface area is 127 Å². The minimum atomic E-state index is -0.723. The summed E-state index contributed by atoms with van der Waals surface area (Å²) in [6.45, 7) is 12.0. The van der Waals surface area contributed by atoms with Gasteiger partial charge >= 0.3 is 0 Å². The summed E-state index contributed by atoms with van der Waals surface area (Å²) < 4.78 is 33.2. The molecule has 0 aromatic carbocycles. The van der Waals surface area contributed by atoms with Crippen LogP contribution in [-0.4, -0.2) is 30.2 Å². The number of hydrogen-bond donors (Lipinski definition) is 0. The van der Waals surface area contributed by atoms with Gasteiger partial charge in [-0.25, -0.2) is 8.78 Å². The zero-order chi connectivity index (χ0) is 16.6. The fourth-order valence-electron chi connectivity index (χ4n) is 2.32. The number of allylic oxidation sites excluding steroid dienone is 3. The Kier molecular flexibility index (Phi) is 8.96. The Morgan fingerprint density at radius 3 is 2.00 bits per heavy atom. The molecule has 0 aromatic heterocycles. The highest BCUT2D eigenvalue weighted by molar-refractivity contribution is 5.30. The van der Waals surface area contributed by atoms with E-state index >= 15 is 0 Å². The normalized spacial score (nSPS) is 22.5. The van der Waals surface area contributed by atoms with Gasteiger partial charge in [0.05, 0.1) is 17.9 Å². The minimum absolute atomic E-state index is 0.0283. The van der Waals surface area contributed by atoms with E-state index < -0.39 is 11.7 Å². The molecular weight excluding hydrogens is 272 g/mol. The second kappa shape index (κ2) is 9.57. The van der Waals surface area contributed by atoms with Crippen LogP contribution in [0.15, 0.2) is 22.9 Å². The molecule has 0 spiro atoms. The smallest absolute Gasteiger partial charge is 0.177 e. The molecule has 0 radical (unpaired) electrons. The minimum Gasteiger partial charge on any atom is -0.372 e. The fraction of sp³-hybridized carbons (Fsp3) is 0.647. The van der Waals surface area contributed by atoms with E-state index in [4.69, 9.17) is 4.74 Å². The number of morpholine rings is 1. The average Bonchev–Trinajstić information content (AvgIpc) is 2.37. The third-order valence-corrected chi connectivity index (χ3v) is 2.97. The van der Waals surface area contributed by atoms with Crippen molar-refractivity contribution in [2.45, 2.75) is 60.2 Å². The van der Waals surface area contributed by atoms with E-state index in [9.17, 15) is 8.78 Å². The molecule has 21 heavy (non-hydrogen) atoms. The van der Waals surface area contributed by atoms with Crippen molar-refractivity contribution in [1.82, 2.24) is 4.90 Å². The summed E-state index contributed by atoms with van der Waals surface area (Å²) in [5.74, 6) is 0.844. The first kappa shape index (κ1) is 19.7. The third kappa shape index (κ3) is 6.31. The van der Waals surface area contributed by atoms with Gasteiger partial charge in [-0.05, 0) is 46.6 Å². The predicted octanol–water partition coefficient (Wildman–Crippen LogP) is 4.59. The molecule has 4 heteroatoms. The molecule has 1 aliphatic heterocycles. The summed E-state index contributed by atoms with van der Waals surface area (Å²) in [6.07, 6.45) is 4.74. The van der Waals surface area contributed by atoms with E-state index in [0.29, 0.717) is 18.8 Å². The average molecular weight is 299 g/mol. The molecule has 1 fully saturated rings. The van der Waals surface area contributed by atoms with Gasteiger partial charge in [0.25, 0.3) is 0 Å². The summed E-state index contributed by atoms with van der Waals surface area (Å²) in [6, 6.07) is 0. The first-order chi connectivity index (χ1) is 9.78. The van der Waals surface area contributed by atoms with Crippen LogP contribution in [0.2, 0.25) is 0 Å². The van der Waals surface area contributed by atoms with Crippen LogP contribution in [0.3, 0.4) is 0 Å². The highest BCUT2D eigenvalue weighted by Crippen LogP contribution is 2.28. The van der Waals surface area contributed by atoms with Gasteiger partial charge in [-0.2, -0.15) is 0 Å². The van der Waals surface area contributed by atoms with Crippen molar-refractivity contribution in [1.29, 1.82) is 0 Å². The summed E-state index contributed by atoms with van der Waals surface area (Å²) >= 11 is 0. The van der Waals surface area contributed by atoms with Crippen molar-refractivity contribution < 1.29 is 13.5 Å². The Morgan fingerprint density at radius 2 is 1.67 bits per heavy atom. The highest BCUT2D eigenvalue weighted by Gasteiger charge is 2.27. The first-order valence-corrected chi connectivity index (χ1v) is 7.28. The molecule has 1 heterocycles. The molecule has 1 rings (SSSR count). The van der Waals surface area contributed by atoms with Crippen molar-refractivity contribution >= 4 is 0 Å². The Balaban J connectivity index is 0.00000122. The number of ether oxygens (including phenoxy) is 1. The number of hydrogen-bond acceptors (Lipinski definition) is 2. The van der Waals surface area contributed by atoms with E-state index in [1.807, 2.05) is 32.6 Å². The van der Waals surface area contributed by atoms with Crippen LogP contribution in [0.1, 0.15) is 48.0 Å². The van der Waals surface area contributed by atoms with Crippen LogP contribution in [-0.2, 0) is 4.74 Å². The van der Waals surface area contributed by atoms with Gasteiger partial charge in [-0.1, -0.05) is 6.92 Å². The molecule has 0 bridgehead atoms. The monoisotopic (exact) mass is 299 g/mol. The van der Waals surface area contributed by atoms with Gasteiger partial charge in [0.1, 0.15) is 5.83 Å². The van der Waals surface area contributed by atoms with Crippen molar-refractivity contribution in [2.24, 2.45) is 0 Å². The number of terminal acetylenes is 1. The van der Waals surface area contributed by atoms with Gasteiger partial charge in [0.2, 0.25) is 0 Å². The van der Waals surface area contributed by atoms with Crippen molar-refractivity contribution in [3.05, 3.63) is 22.9 Å². The van der Waals surface area contributed by atoms with E-state index in [1.165, 1.54) is 0 Å². The topological polar surface area (TPSA) is 12.5 Å². The van der Waals surface area contributed by atoms with E-state index in [-0.39, 0.29) is 18.6 Å². The maximum atomic E-state index is 14.1. The molecule has 120 valence electrons. The van der Waals surface area contributed by atoms with Gasteiger partial charge in [-0.15, -0.1) is 12.3 Å². The van der Waals surface area contributed by atoms with Gasteiger partial charge in [-0.3, -0.25) is 0 Å². The lowest BCUT2D eigenvalue weighted by atomic mass is 10.1. The van der Waals surface area contributed by atoms with E-state index in [0.717, 1.165) is 5.57 Å². The number of nitrogens with zero attached hydrogens (tertiary/aromatic N) is 1. The SMILES string of the molecule is C#CC.CC/C(F)=C(/F)C(=C(C)C)N1CC(C)OC(C)C1. The predicted molar refractivity (Wildman–Crippen MR) is 84.0 cm³/mol. The summed E-state index contributed by atoms with van der Waals surface area (Å²) in [7, 11) is 0. The van der Waals surface area contributed by atoms with E-state index in [1.54, 1.807) is 13.8 Å². The number of rotatable bonds is 3. The first-order valence-electron chi connectivity index (χ1n) is 7.28. The zero-order valence-corrected chi connectivity index (χ0v) is 14.0. The third-order valence-electron chi connectivity index (χ3n) is 2.97. The second-order valence-electron chi connectivity index (χ2n) is 5.37. The van der Waals surface area contributed by atoms with Crippen molar-refractivity contribution in [3.8, 4) is 12.3 Å². The molecule has 0 amide bonds. The van der Waals surface area contributed by atoms with Gasteiger partial charge in [0, 0.05) is 13.1 Å². The van der Waals surface area contributed by atoms with Crippen LogP contribution in [0.25, 0.3) is 0 Å². The van der Waals surface area contributed by atoms with Crippen molar-refractivity contribution in [3.63, 3.8) is 0 Å². The van der Waals surface area contributed by atoms with Gasteiger partial charge < -0.3 is 9.64 Å².